The Hall–Kier alpha value is -0.610. The SMILES string of the molecule is CCCNC(=O)C(C(C)C)C(O)N(C)C. The molecule has 90 valence electrons. The predicted molar refractivity (Wildman–Crippen MR) is 61.3 cm³/mol. The smallest absolute Gasteiger partial charge is 0.227 e. The Morgan fingerprint density at radius 2 is 1.93 bits per heavy atom. The van der Waals surface area contributed by atoms with Gasteiger partial charge in [0.1, 0.15) is 6.23 Å². The largest absolute Gasteiger partial charge is 0.378 e. The van der Waals surface area contributed by atoms with Gasteiger partial charge >= 0.3 is 0 Å². The van der Waals surface area contributed by atoms with Gasteiger partial charge in [-0.25, -0.2) is 0 Å². The van der Waals surface area contributed by atoms with Crippen LogP contribution in [0, 0.1) is 11.8 Å². The Morgan fingerprint density at radius 3 is 2.27 bits per heavy atom. The van der Waals surface area contributed by atoms with Crippen molar-refractivity contribution in [2.24, 2.45) is 11.8 Å². The van der Waals surface area contributed by atoms with Crippen LogP contribution in [-0.4, -0.2) is 42.8 Å². The van der Waals surface area contributed by atoms with Crippen molar-refractivity contribution < 1.29 is 9.90 Å². The highest BCUT2D eigenvalue weighted by atomic mass is 16.3. The van der Waals surface area contributed by atoms with Crippen molar-refractivity contribution in [3.63, 3.8) is 0 Å². The molecule has 0 heterocycles. The molecule has 15 heavy (non-hydrogen) atoms. The molecule has 0 aliphatic carbocycles. The summed E-state index contributed by atoms with van der Waals surface area (Å²) in [5.74, 6) is -0.307. The van der Waals surface area contributed by atoms with Crippen molar-refractivity contribution >= 4 is 5.91 Å². The summed E-state index contributed by atoms with van der Waals surface area (Å²) >= 11 is 0. The first kappa shape index (κ1) is 14.4. The quantitative estimate of drug-likeness (QED) is 0.641. The Labute approximate surface area is 92.7 Å². The van der Waals surface area contributed by atoms with E-state index in [9.17, 15) is 9.90 Å². The third-order valence-electron chi connectivity index (χ3n) is 2.42. The Bertz CT molecular complexity index is 193. The number of hydrogen-bond acceptors (Lipinski definition) is 3. The zero-order valence-electron chi connectivity index (χ0n) is 10.4. The summed E-state index contributed by atoms with van der Waals surface area (Å²) in [6.45, 7) is 6.57. The Balaban J connectivity index is 4.45. The number of hydrogen-bond donors (Lipinski definition) is 2. The summed E-state index contributed by atoms with van der Waals surface area (Å²) in [5.41, 5.74) is 0. The Kier molecular flexibility index (Phi) is 6.52. The van der Waals surface area contributed by atoms with Crippen molar-refractivity contribution in [2.75, 3.05) is 20.6 Å². The van der Waals surface area contributed by atoms with E-state index < -0.39 is 6.23 Å². The second-order valence-electron chi connectivity index (χ2n) is 4.44. The third-order valence-corrected chi connectivity index (χ3v) is 2.42. The van der Waals surface area contributed by atoms with E-state index in [0.717, 1.165) is 6.42 Å². The molecule has 0 spiro atoms. The number of carbonyl (C=O) groups excluding carboxylic acids is 1. The molecule has 2 atom stereocenters. The molecule has 0 aliphatic heterocycles. The average Bonchev–Trinajstić information content (AvgIpc) is 2.14. The summed E-state index contributed by atoms with van der Waals surface area (Å²) in [6, 6.07) is 0. The molecule has 0 fully saturated rings. The summed E-state index contributed by atoms with van der Waals surface area (Å²) < 4.78 is 0. The lowest BCUT2D eigenvalue weighted by atomic mass is 9.92. The van der Waals surface area contributed by atoms with E-state index in [1.807, 2.05) is 20.8 Å². The molecule has 0 aromatic carbocycles. The molecular weight excluding hydrogens is 192 g/mol. The molecule has 0 saturated carbocycles. The molecule has 2 N–H and O–H groups in total. The topological polar surface area (TPSA) is 52.6 Å². The van der Waals surface area contributed by atoms with Gasteiger partial charge in [0.25, 0.3) is 0 Å². The van der Waals surface area contributed by atoms with Crippen molar-refractivity contribution in [3.8, 4) is 0 Å². The predicted octanol–water partition coefficient (Wildman–Crippen LogP) is 0.665. The standard InChI is InChI=1S/C11H24N2O2/c1-6-7-12-10(14)9(8(2)3)11(15)13(4)5/h8-9,11,15H,6-7H2,1-5H3,(H,12,14). The molecule has 4 heteroatoms. The second-order valence-corrected chi connectivity index (χ2v) is 4.44. The van der Waals surface area contributed by atoms with Crippen LogP contribution in [-0.2, 0) is 4.79 Å². The maximum atomic E-state index is 11.8. The number of rotatable bonds is 6. The molecule has 0 aliphatic rings. The number of nitrogens with one attached hydrogen (secondary N) is 1. The van der Waals surface area contributed by atoms with Gasteiger partial charge in [-0.2, -0.15) is 0 Å². The number of aliphatic hydroxyl groups excluding tert-OH is 1. The van der Waals surface area contributed by atoms with Crippen LogP contribution in [0.2, 0.25) is 0 Å². The number of nitrogens with zero attached hydrogens (tertiary/aromatic N) is 1. The zero-order valence-corrected chi connectivity index (χ0v) is 10.4. The van der Waals surface area contributed by atoms with Crippen LogP contribution in [0.5, 0.6) is 0 Å². The maximum Gasteiger partial charge on any atom is 0.227 e. The molecule has 0 aromatic rings. The summed E-state index contributed by atoms with van der Waals surface area (Å²) in [6.07, 6.45) is 0.191. The van der Waals surface area contributed by atoms with Crippen molar-refractivity contribution in [1.82, 2.24) is 10.2 Å². The van der Waals surface area contributed by atoms with Gasteiger partial charge in [-0.15, -0.1) is 0 Å². The first-order chi connectivity index (χ1) is 6.91. The number of amides is 1. The highest BCUT2D eigenvalue weighted by molar-refractivity contribution is 5.79. The minimum absolute atomic E-state index is 0.0620. The summed E-state index contributed by atoms with van der Waals surface area (Å²) in [7, 11) is 3.54. The third kappa shape index (κ3) is 4.62. The van der Waals surface area contributed by atoms with E-state index in [-0.39, 0.29) is 17.7 Å². The first-order valence-corrected chi connectivity index (χ1v) is 5.54. The highest BCUT2D eigenvalue weighted by Crippen LogP contribution is 2.17. The van der Waals surface area contributed by atoms with E-state index in [4.69, 9.17) is 0 Å². The van der Waals surface area contributed by atoms with E-state index >= 15 is 0 Å². The average molecular weight is 216 g/mol. The fraction of sp³-hybridized carbons (Fsp3) is 0.909. The fourth-order valence-corrected chi connectivity index (χ4v) is 1.47. The van der Waals surface area contributed by atoms with Crippen molar-refractivity contribution in [2.45, 2.75) is 33.4 Å². The molecular formula is C11H24N2O2. The van der Waals surface area contributed by atoms with Gasteiger partial charge in [-0.3, -0.25) is 9.69 Å². The summed E-state index contributed by atoms with van der Waals surface area (Å²) in [4.78, 5) is 13.5. The van der Waals surface area contributed by atoms with E-state index in [0.29, 0.717) is 6.54 Å². The molecule has 0 aromatic heterocycles. The van der Waals surface area contributed by atoms with E-state index in [1.54, 1.807) is 19.0 Å². The fourth-order valence-electron chi connectivity index (χ4n) is 1.47. The van der Waals surface area contributed by atoms with Gasteiger partial charge in [0.05, 0.1) is 5.92 Å². The zero-order chi connectivity index (χ0) is 12.0. The molecule has 0 radical (unpaired) electrons. The molecule has 0 rings (SSSR count). The van der Waals surface area contributed by atoms with Gasteiger partial charge in [0, 0.05) is 6.54 Å². The van der Waals surface area contributed by atoms with Gasteiger partial charge in [-0.05, 0) is 26.4 Å². The number of carbonyl (C=O) groups is 1. The first-order valence-electron chi connectivity index (χ1n) is 5.54. The van der Waals surface area contributed by atoms with Gasteiger partial charge in [-0.1, -0.05) is 20.8 Å². The highest BCUT2D eigenvalue weighted by Gasteiger charge is 2.30. The van der Waals surface area contributed by atoms with Crippen LogP contribution in [0.15, 0.2) is 0 Å². The van der Waals surface area contributed by atoms with Gasteiger partial charge in [0.2, 0.25) is 5.91 Å². The lowest BCUT2D eigenvalue weighted by Crippen LogP contribution is -2.46. The molecule has 0 bridgehead atoms. The minimum atomic E-state index is -0.721. The Morgan fingerprint density at radius 1 is 1.40 bits per heavy atom. The lowest BCUT2D eigenvalue weighted by molar-refractivity contribution is -0.135. The molecule has 0 saturated heterocycles. The van der Waals surface area contributed by atoms with Crippen molar-refractivity contribution in [3.05, 3.63) is 0 Å². The van der Waals surface area contributed by atoms with E-state index in [1.165, 1.54) is 0 Å². The van der Waals surface area contributed by atoms with Crippen LogP contribution in [0.1, 0.15) is 27.2 Å². The van der Waals surface area contributed by atoms with Crippen LogP contribution in [0.3, 0.4) is 0 Å². The second kappa shape index (κ2) is 6.80. The van der Waals surface area contributed by atoms with Crippen LogP contribution in [0.25, 0.3) is 0 Å². The lowest BCUT2D eigenvalue weighted by Gasteiger charge is -2.29. The normalized spacial score (nSPS) is 15.5. The van der Waals surface area contributed by atoms with E-state index in [2.05, 4.69) is 5.32 Å². The minimum Gasteiger partial charge on any atom is -0.378 e. The monoisotopic (exact) mass is 216 g/mol. The molecule has 1 amide bonds. The molecule has 2 unspecified atom stereocenters. The summed E-state index contributed by atoms with van der Waals surface area (Å²) in [5, 5.41) is 12.7. The van der Waals surface area contributed by atoms with Gasteiger partial charge < -0.3 is 10.4 Å². The van der Waals surface area contributed by atoms with Gasteiger partial charge in [0.15, 0.2) is 0 Å². The number of aliphatic hydroxyl groups is 1. The van der Waals surface area contributed by atoms with Crippen LogP contribution < -0.4 is 5.32 Å². The van der Waals surface area contributed by atoms with Crippen LogP contribution >= 0.6 is 0 Å². The molecule has 4 nitrogen and oxygen atoms in total. The van der Waals surface area contributed by atoms with Crippen LogP contribution in [0.4, 0.5) is 0 Å². The van der Waals surface area contributed by atoms with Crippen molar-refractivity contribution in [1.29, 1.82) is 0 Å². The maximum absolute atomic E-state index is 11.8.